The zero-order valence-electron chi connectivity index (χ0n) is 25.5. The molecule has 0 heterocycles. The summed E-state index contributed by atoms with van der Waals surface area (Å²) in [5, 5.41) is 0. The van der Waals surface area contributed by atoms with E-state index in [4.69, 9.17) is 14.2 Å². The lowest BCUT2D eigenvalue weighted by molar-refractivity contribution is 0.0430. The maximum atomic E-state index is 13.2. The summed E-state index contributed by atoms with van der Waals surface area (Å²) in [6, 6.07) is 4.62. The van der Waals surface area contributed by atoms with E-state index in [1.165, 1.54) is 12.1 Å². The maximum Gasteiger partial charge on any atom is 0.339 e. The van der Waals surface area contributed by atoms with Gasteiger partial charge in [0.2, 0.25) is 0 Å². The van der Waals surface area contributed by atoms with Crippen LogP contribution in [-0.4, -0.2) is 37.7 Å². The van der Waals surface area contributed by atoms with Crippen molar-refractivity contribution in [1.82, 2.24) is 0 Å². The summed E-state index contributed by atoms with van der Waals surface area (Å²) in [7, 11) is 0. The molecule has 0 amide bonds. The third kappa shape index (κ3) is 15.7. The molecule has 39 heavy (non-hydrogen) atoms. The normalized spacial score (nSPS) is 11.3. The van der Waals surface area contributed by atoms with Crippen LogP contribution in [-0.2, 0) is 14.2 Å². The average molecular weight is 547 g/mol. The highest BCUT2D eigenvalue weighted by Gasteiger charge is 2.27. The smallest absolute Gasteiger partial charge is 0.339 e. The molecular formula is C33H54O6. The topological polar surface area (TPSA) is 78.9 Å². The van der Waals surface area contributed by atoms with Crippen molar-refractivity contribution in [3.05, 3.63) is 34.9 Å². The Labute approximate surface area is 237 Å². The van der Waals surface area contributed by atoms with E-state index in [-0.39, 0.29) is 36.5 Å². The summed E-state index contributed by atoms with van der Waals surface area (Å²) in [5.41, 5.74) is 0.0380. The molecule has 0 aliphatic heterocycles. The molecule has 6 heteroatoms. The SMILES string of the molecule is CC(C)CCCCCOC(=O)c1cccc(C(=O)OCCCCCC(C)C)c1C(=O)OCCCCCC(C)C. The molecule has 0 bridgehead atoms. The lowest BCUT2D eigenvalue weighted by Gasteiger charge is -2.14. The van der Waals surface area contributed by atoms with Crippen molar-refractivity contribution in [2.75, 3.05) is 19.8 Å². The fraction of sp³-hybridized carbons (Fsp3) is 0.727. The molecule has 0 unspecified atom stereocenters. The molecule has 0 aliphatic rings. The molecule has 0 aliphatic carbocycles. The van der Waals surface area contributed by atoms with Gasteiger partial charge in [0, 0.05) is 0 Å². The first kappa shape index (κ1) is 34.7. The summed E-state index contributed by atoms with van der Waals surface area (Å²) in [6.45, 7) is 13.9. The standard InChI is InChI=1S/C33H54O6/c1-25(2)17-10-7-13-22-37-31(34)28-20-16-21-29(32(35)38-23-14-8-11-18-26(3)4)30(28)33(36)39-24-15-9-12-19-27(5)6/h16,20-21,25-27H,7-15,17-19,22-24H2,1-6H3. The number of hydrogen-bond acceptors (Lipinski definition) is 6. The van der Waals surface area contributed by atoms with Crippen LogP contribution in [0.5, 0.6) is 0 Å². The maximum absolute atomic E-state index is 13.2. The predicted molar refractivity (Wildman–Crippen MR) is 157 cm³/mol. The van der Waals surface area contributed by atoms with Gasteiger partial charge in [-0.05, 0) is 49.1 Å². The minimum Gasteiger partial charge on any atom is -0.462 e. The Morgan fingerprint density at radius 1 is 0.513 bits per heavy atom. The number of esters is 3. The van der Waals surface area contributed by atoms with E-state index in [1.807, 2.05) is 0 Å². The van der Waals surface area contributed by atoms with Gasteiger partial charge in [-0.3, -0.25) is 0 Å². The monoisotopic (exact) mass is 546 g/mol. The van der Waals surface area contributed by atoms with E-state index in [1.54, 1.807) is 6.07 Å². The minimum atomic E-state index is -0.688. The number of hydrogen-bond donors (Lipinski definition) is 0. The molecule has 0 radical (unpaired) electrons. The number of carbonyl (C=O) groups excluding carboxylic acids is 3. The summed E-state index contributed by atoms with van der Waals surface area (Å²) in [5.74, 6) is 0.0199. The van der Waals surface area contributed by atoms with Crippen molar-refractivity contribution in [1.29, 1.82) is 0 Å². The van der Waals surface area contributed by atoms with Gasteiger partial charge in [-0.25, -0.2) is 14.4 Å². The van der Waals surface area contributed by atoms with Gasteiger partial charge in [-0.1, -0.05) is 105 Å². The number of rotatable bonds is 21. The van der Waals surface area contributed by atoms with Gasteiger partial charge in [-0.15, -0.1) is 0 Å². The van der Waals surface area contributed by atoms with Crippen molar-refractivity contribution < 1.29 is 28.6 Å². The van der Waals surface area contributed by atoms with Crippen LogP contribution < -0.4 is 0 Å². The highest BCUT2D eigenvalue weighted by molar-refractivity contribution is 6.10. The van der Waals surface area contributed by atoms with Crippen LogP contribution in [0.4, 0.5) is 0 Å². The second kappa shape index (κ2) is 20.5. The Kier molecular flexibility index (Phi) is 18.2. The number of ether oxygens (including phenoxy) is 3. The fourth-order valence-corrected chi connectivity index (χ4v) is 4.33. The van der Waals surface area contributed by atoms with Crippen LogP contribution >= 0.6 is 0 Å². The number of benzene rings is 1. The first-order chi connectivity index (χ1) is 18.6. The molecule has 0 saturated heterocycles. The number of unbranched alkanes of at least 4 members (excludes halogenated alkanes) is 6. The van der Waals surface area contributed by atoms with Crippen LogP contribution in [0.1, 0.15) is 150 Å². The highest BCUT2D eigenvalue weighted by Crippen LogP contribution is 2.20. The Morgan fingerprint density at radius 3 is 1.18 bits per heavy atom. The van der Waals surface area contributed by atoms with Gasteiger partial charge in [0.25, 0.3) is 0 Å². The second-order valence-corrected chi connectivity index (χ2v) is 11.9. The van der Waals surface area contributed by atoms with Crippen LogP contribution in [0.25, 0.3) is 0 Å². The second-order valence-electron chi connectivity index (χ2n) is 11.9. The molecule has 1 aromatic carbocycles. The van der Waals surface area contributed by atoms with Gasteiger partial charge in [0.15, 0.2) is 0 Å². The van der Waals surface area contributed by atoms with Crippen molar-refractivity contribution in [2.24, 2.45) is 17.8 Å². The van der Waals surface area contributed by atoms with E-state index in [2.05, 4.69) is 41.5 Å². The van der Waals surface area contributed by atoms with Crippen molar-refractivity contribution in [3.8, 4) is 0 Å². The molecule has 1 rings (SSSR count). The fourth-order valence-electron chi connectivity index (χ4n) is 4.33. The Hall–Kier alpha value is -2.37. The summed E-state index contributed by atoms with van der Waals surface area (Å²) >= 11 is 0. The van der Waals surface area contributed by atoms with E-state index < -0.39 is 17.9 Å². The molecular weight excluding hydrogens is 492 g/mol. The van der Waals surface area contributed by atoms with Gasteiger partial charge < -0.3 is 14.2 Å². The van der Waals surface area contributed by atoms with Crippen LogP contribution in [0.15, 0.2) is 18.2 Å². The van der Waals surface area contributed by atoms with Crippen LogP contribution in [0.2, 0.25) is 0 Å². The first-order valence-electron chi connectivity index (χ1n) is 15.3. The zero-order valence-corrected chi connectivity index (χ0v) is 25.5. The van der Waals surface area contributed by atoms with Crippen LogP contribution in [0, 0.1) is 17.8 Å². The summed E-state index contributed by atoms with van der Waals surface area (Å²) in [4.78, 5) is 39.1. The average Bonchev–Trinajstić information content (AvgIpc) is 2.88. The Morgan fingerprint density at radius 2 is 0.846 bits per heavy atom. The molecule has 0 fully saturated rings. The molecule has 222 valence electrons. The molecule has 0 N–H and O–H groups in total. The molecule has 0 spiro atoms. The molecule has 0 aromatic heterocycles. The third-order valence-electron chi connectivity index (χ3n) is 6.69. The summed E-state index contributed by atoms with van der Waals surface area (Å²) < 4.78 is 16.5. The van der Waals surface area contributed by atoms with Gasteiger partial charge in [0.1, 0.15) is 0 Å². The van der Waals surface area contributed by atoms with Gasteiger partial charge in [-0.2, -0.15) is 0 Å². The summed E-state index contributed by atoms with van der Waals surface area (Å²) in [6.07, 6.45) is 11.8. The van der Waals surface area contributed by atoms with Crippen molar-refractivity contribution in [2.45, 2.75) is 119 Å². The van der Waals surface area contributed by atoms with Crippen molar-refractivity contribution in [3.63, 3.8) is 0 Å². The van der Waals surface area contributed by atoms with Crippen LogP contribution in [0.3, 0.4) is 0 Å². The van der Waals surface area contributed by atoms with E-state index >= 15 is 0 Å². The van der Waals surface area contributed by atoms with Crippen molar-refractivity contribution >= 4 is 17.9 Å². The Bertz CT molecular complexity index is 792. The van der Waals surface area contributed by atoms with Gasteiger partial charge >= 0.3 is 17.9 Å². The van der Waals surface area contributed by atoms with E-state index in [0.29, 0.717) is 17.8 Å². The largest absolute Gasteiger partial charge is 0.462 e. The quantitative estimate of drug-likeness (QED) is 0.0871. The van der Waals surface area contributed by atoms with E-state index in [0.717, 1.165) is 77.0 Å². The third-order valence-corrected chi connectivity index (χ3v) is 6.69. The lowest BCUT2D eigenvalue weighted by Crippen LogP contribution is -2.20. The first-order valence-corrected chi connectivity index (χ1v) is 15.3. The minimum absolute atomic E-state index is 0.0494. The van der Waals surface area contributed by atoms with Gasteiger partial charge in [0.05, 0.1) is 36.5 Å². The van der Waals surface area contributed by atoms with E-state index in [9.17, 15) is 14.4 Å². The molecule has 0 saturated carbocycles. The lowest BCUT2D eigenvalue weighted by atomic mass is 10.0. The Balaban J connectivity index is 2.85. The highest BCUT2D eigenvalue weighted by atomic mass is 16.5. The molecule has 6 nitrogen and oxygen atoms in total. The molecule has 0 atom stereocenters. The number of carbonyl (C=O) groups is 3. The zero-order chi connectivity index (χ0) is 29.0. The predicted octanol–water partition coefficient (Wildman–Crippen LogP) is 8.81. The molecule has 1 aromatic rings.